The minimum atomic E-state index is -0.452. The molecule has 0 aliphatic heterocycles. The molecule has 21 aromatic carbocycles. The zero-order valence-electron chi connectivity index (χ0n) is 76.3. The van der Waals surface area contributed by atoms with Gasteiger partial charge in [0, 0.05) is 60.9 Å². The first kappa shape index (κ1) is 82.8. The molecule has 0 saturated heterocycles. The number of rotatable bonds is 13. The van der Waals surface area contributed by atoms with Crippen molar-refractivity contribution in [1.82, 2.24) is 44.9 Å². The highest BCUT2D eigenvalue weighted by atomic mass is 15.1. The molecule has 9 heteroatoms. The topological polar surface area (TPSA) is 116 Å². The number of hydrogen-bond acceptors (Lipinski definition) is 9. The van der Waals surface area contributed by atoms with Crippen LogP contribution in [-0.2, 0) is 16.2 Å². The maximum atomic E-state index is 5.30. The largest absolute Gasteiger partial charge is 0.208 e. The van der Waals surface area contributed by atoms with E-state index < -0.39 is 10.8 Å². The Morgan fingerprint density at radius 3 is 0.921 bits per heavy atom. The highest BCUT2D eigenvalue weighted by Crippen LogP contribution is 2.61. The van der Waals surface area contributed by atoms with Crippen molar-refractivity contribution in [2.75, 3.05) is 0 Å². The molecule has 0 saturated carbocycles. The molecular weight excluding hydrogens is 1690 g/mol. The zero-order chi connectivity index (χ0) is 92.5. The van der Waals surface area contributed by atoms with Crippen molar-refractivity contribution in [2.24, 2.45) is 0 Å². The lowest BCUT2D eigenvalue weighted by Crippen LogP contribution is -2.28. The minimum absolute atomic E-state index is 0.100. The predicted octanol–water partition coefficient (Wildman–Crippen LogP) is 31.4. The van der Waals surface area contributed by atoms with Crippen molar-refractivity contribution in [3.05, 3.63) is 547 Å². The van der Waals surface area contributed by atoms with Crippen LogP contribution in [0.2, 0.25) is 0 Å². The number of nitrogens with zero attached hydrogens (tertiary/aromatic N) is 9. The Bertz CT molecular complexity index is 8680. The summed E-state index contributed by atoms with van der Waals surface area (Å²) in [4.78, 5) is 45.5. The smallest absolute Gasteiger partial charge is 0.164 e. The molecule has 652 valence electrons. The van der Waals surface area contributed by atoms with E-state index in [2.05, 4.69) is 366 Å². The highest BCUT2D eigenvalue weighted by molar-refractivity contribution is 6.15. The lowest BCUT2D eigenvalue weighted by molar-refractivity contribution is 0.661. The van der Waals surface area contributed by atoms with Crippen molar-refractivity contribution in [3.8, 4) is 136 Å². The van der Waals surface area contributed by atoms with Gasteiger partial charge in [0.15, 0.2) is 52.4 Å². The van der Waals surface area contributed by atoms with Gasteiger partial charge >= 0.3 is 0 Å². The third-order valence-corrected chi connectivity index (χ3v) is 28.3. The van der Waals surface area contributed by atoms with Gasteiger partial charge < -0.3 is 0 Å². The van der Waals surface area contributed by atoms with Crippen LogP contribution in [0.25, 0.3) is 190 Å². The quantitative estimate of drug-likeness (QED) is 0.104. The molecule has 3 aromatic heterocycles. The molecular formula is C130H87N9. The van der Waals surface area contributed by atoms with Gasteiger partial charge in [0.1, 0.15) is 0 Å². The van der Waals surface area contributed by atoms with E-state index in [9.17, 15) is 0 Å². The summed E-state index contributed by atoms with van der Waals surface area (Å²) in [6, 6.07) is 174. The van der Waals surface area contributed by atoms with Crippen LogP contribution in [0.15, 0.2) is 491 Å². The van der Waals surface area contributed by atoms with E-state index in [0.717, 1.165) is 66.2 Å². The molecule has 139 heavy (non-hydrogen) atoms. The lowest BCUT2D eigenvalue weighted by Gasteiger charge is -2.33. The van der Waals surface area contributed by atoms with Crippen LogP contribution in [0.3, 0.4) is 0 Å². The number of fused-ring (bicyclic) bond motifs is 18. The third kappa shape index (κ3) is 14.1. The van der Waals surface area contributed by atoms with E-state index in [-0.39, 0.29) is 5.41 Å². The van der Waals surface area contributed by atoms with Crippen LogP contribution >= 0.6 is 0 Å². The second-order valence-corrected chi connectivity index (χ2v) is 36.4. The average molecular weight is 1780 g/mol. The van der Waals surface area contributed by atoms with E-state index in [1.54, 1.807) is 0 Å². The zero-order valence-corrected chi connectivity index (χ0v) is 76.3. The third-order valence-electron chi connectivity index (χ3n) is 28.3. The van der Waals surface area contributed by atoms with Crippen molar-refractivity contribution >= 4 is 53.9 Å². The van der Waals surface area contributed by atoms with Gasteiger partial charge in [0.25, 0.3) is 0 Å². The molecule has 0 amide bonds. The molecule has 3 aliphatic rings. The summed E-state index contributed by atoms with van der Waals surface area (Å²) in [6.45, 7) is 4.65. The summed E-state index contributed by atoms with van der Waals surface area (Å²) in [6.07, 6.45) is 0. The van der Waals surface area contributed by atoms with Crippen molar-refractivity contribution < 1.29 is 0 Å². The van der Waals surface area contributed by atoms with Crippen LogP contribution in [0.1, 0.15) is 69.5 Å². The number of aromatic nitrogens is 9. The van der Waals surface area contributed by atoms with Crippen LogP contribution in [0.4, 0.5) is 0 Å². The van der Waals surface area contributed by atoms with Gasteiger partial charge in [-0.3, -0.25) is 0 Å². The Balaban J connectivity index is 0.000000110. The van der Waals surface area contributed by atoms with E-state index in [0.29, 0.717) is 52.4 Å². The van der Waals surface area contributed by atoms with Crippen LogP contribution in [0, 0.1) is 0 Å². The summed E-state index contributed by atoms with van der Waals surface area (Å²) in [5.41, 5.74) is 28.3. The molecule has 0 unspecified atom stereocenters. The minimum Gasteiger partial charge on any atom is -0.208 e. The molecule has 0 atom stereocenters. The van der Waals surface area contributed by atoms with Gasteiger partial charge in [-0.2, -0.15) is 0 Å². The Morgan fingerprint density at radius 2 is 0.453 bits per heavy atom. The van der Waals surface area contributed by atoms with Gasteiger partial charge in [-0.25, -0.2) is 44.9 Å². The molecule has 0 fully saturated rings. The number of benzene rings is 21. The summed E-state index contributed by atoms with van der Waals surface area (Å²) in [7, 11) is 0. The van der Waals surface area contributed by atoms with Crippen molar-refractivity contribution in [1.29, 1.82) is 0 Å². The molecule has 0 radical (unpaired) electrons. The van der Waals surface area contributed by atoms with E-state index in [1.165, 1.54) is 127 Å². The Morgan fingerprint density at radius 1 is 0.151 bits per heavy atom. The molecule has 24 aromatic rings. The Labute approximate surface area is 806 Å². The second kappa shape index (κ2) is 34.5. The first-order valence-corrected chi connectivity index (χ1v) is 47.4. The summed E-state index contributed by atoms with van der Waals surface area (Å²) in [5.74, 6) is 5.96. The first-order valence-electron chi connectivity index (χ1n) is 47.4. The van der Waals surface area contributed by atoms with Crippen LogP contribution in [-0.4, -0.2) is 44.9 Å². The molecule has 3 heterocycles. The molecule has 0 N–H and O–H groups in total. The fourth-order valence-electron chi connectivity index (χ4n) is 22.0. The average Bonchev–Trinajstić information content (AvgIpc) is 1.54. The van der Waals surface area contributed by atoms with E-state index in [1.807, 2.05) is 140 Å². The van der Waals surface area contributed by atoms with Gasteiger partial charge in [-0.1, -0.05) is 487 Å². The van der Waals surface area contributed by atoms with Crippen molar-refractivity contribution in [3.63, 3.8) is 0 Å². The normalized spacial score (nSPS) is 13.0. The molecule has 0 bridgehead atoms. The van der Waals surface area contributed by atoms with Crippen LogP contribution < -0.4 is 0 Å². The van der Waals surface area contributed by atoms with E-state index in [4.69, 9.17) is 44.9 Å². The summed E-state index contributed by atoms with van der Waals surface area (Å²) < 4.78 is 0. The second-order valence-electron chi connectivity index (χ2n) is 36.4. The number of hydrogen-bond donors (Lipinski definition) is 0. The maximum absolute atomic E-state index is 5.30. The van der Waals surface area contributed by atoms with Crippen LogP contribution in [0.5, 0.6) is 0 Å². The predicted molar refractivity (Wildman–Crippen MR) is 568 cm³/mol. The van der Waals surface area contributed by atoms with Gasteiger partial charge in [-0.05, 0) is 156 Å². The Kier molecular flexibility index (Phi) is 20.5. The van der Waals surface area contributed by atoms with Crippen molar-refractivity contribution in [2.45, 2.75) is 30.1 Å². The SMILES string of the molecule is CC1(C)c2ccccc2-c2c1ccc1cccc(-c3nc(-c4ccccc4)nc(-c4cc5ccccc5c5ccccc45)n3)c21.c1ccc(-c2nc(-c3ccccc3)nc(-c3ccc4c5c(ccc4c3)C(c3ccccc3)(c3ccccc3)c3ccccc3-5)n2)cc1.c1ccc(-c2nc(-c3ccccc3)nc(-c3ccc4ccc5c(c4c3)-c3ccccc3C5(c3ccccc3)c3ccccc3)n2)cc1. The lowest BCUT2D eigenvalue weighted by atomic mass is 9.67. The fraction of sp³-hybridized carbons (Fsp3) is 0.0385. The molecule has 27 rings (SSSR count). The molecule has 0 spiro atoms. The van der Waals surface area contributed by atoms with Gasteiger partial charge in [-0.15, -0.1) is 0 Å². The molecule has 9 nitrogen and oxygen atoms in total. The summed E-state index contributed by atoms with van der Waals surface area (Å²) in [5, 5.41) is 11.8. The monoisotopic (exact) mass is 1770 g/mol. The maximum Gasteiger partial charge on any atom is 0.164 e. The Hall–Kier alpha value is -18.1. The van der Waals surface area contributed by atoms with Gasteiger partial charge in [0.2, 0.25) is 0 Å². The molecule has 3 aliphatic carbocycles. The van der Waals surface area contributed by atoms with Gasteiger partial charge in [0.05, 0.1) is 10.8 Å². The standard InChI is InChI=1S/2C44H29N3.C42H29N3/c1-5-15-30(16-6-1)41-45-42(31-17-7-2-8-18-31)47-43(46-41)33-25-27-36-32(29-33)26-28-39-40(36)37-23-13-14-24-38(37)44(39,34-19-9-3-10-20-34)35-21-11-4-12-22-35;1-5-15-31(16-6-1)41-45-42(32-17-7-2-8-18-32)47-43(46-41)33-26-25-30-27-28-39-40(37(30)29-33)36-23-13-14-24-38(36)44(39,34-19-9-3-10-20-34)35-21-11-4-12-22-35;1-42(2)35-22-11-10-20-32(35)38-36(42)24-23-26-16-12-21-33(37(26)38)40-43-39(27-13-4-3-5-14-27)44-41(45-40)34-25-28-15-6-7-17-29(28)30-18-8-9-19-31(30)34/h2*1-29H;3-25H,1-2H3. The van der Waals surface area contributed by atoms with E-state index >= 15 is 0 Å². The highest BCUT2D eigenvalue weighted by Gasteiger charge is 2.49. The fourth-order valence-corrected chi connectivity index (χ4v) is 22.0. The summed E-state index contributed by atoms with van der Waals surface area (Å²) >= 11 is 0. The first-order chi connectivity index (χ1) is 68.7.